The number of benzene rings is 1. The Balaban J connectivity index is 2.31. The van der Waals surface area contributed by atoms with Crippen LogP contribution in [0.1, 0.15) is 25.3 Å². The number of hydrogen-bond donors (Lipinski definition) is 0. The van der Waals surface area contributed by atoms with E-state index in [0.717, 1.165) is 25.1 Å². The molecule has 0 aromatic heterocycles. The highest BCUT2D eigenvalue weighted by molar-refractivity contribution is 8.13. The van der Waals surface area contributed by atoms with Crippen LogP contribution in [0.4, 0.5) is 5.69 Å². The number of rotatable bonds is 4. The van der Waals surface area contributed by atoms with Crippen molar-refractivity contribution < 1.29 is 17.9 Å². The van der Waals surface area contributed by atoms with E-state index in [9.17, 15) is 13.2 Å². The minimum absolute atomic E-state index is 0.0703. The monoisotopic (exact) mass is 331 g/mol. The average molecular weight is 332 g/mol. The molecule has 7 heteroatoms. The molecule has 5 nitrogen and oxygen atoms in total. The lowest BCUT2D eigenvalue weighted by atomic mass is 10.1. The summed E-state index contributed by atoms with van der Waals surface area (Å²) in [5.74, 6) is -0.310. The van der Waals surface area contributed by atoms with Crippen molar-refractivity contribution in [2.45, 2.75) is 37.6 Å². The Bertz CT molecular complexity index is 644. The van der Waals surface area contributed by atoms with Gasteiger partial charge in [-0.25, -0.2) is 8.42 Å². The van der Waals surface area contributed by atoms with Crippen molar-refractivity contribution in [3.8, 4) is 0 Å². The average Bonchev–Trinajstić information content (AvgIpc) is 2.83. The fourth-order valence-corrected chi connectivity index (χ4v) is 3.93. The molecule has 1 aromatic rings. The highest BCUT2D eigenvalue weighted by atomic mass is 35.7. The van der Waals surface area contributed by atoms with Gasteiger partial charge in [-0.2, -0.15) is 0 Å². The molecule has 0 saturated carbocycles. The molecule has 0 bridgehead atoms. The van der Waals surface area contributed by atoms with Gasteiger partial charge in [0, 0.05) is 29.8 Å². The van der Waals surface area contributed by atoms with Crippen LogP contribution in [-0.2, 0) is 18.6 Å². The predicted octanol–water partition coefficient (Wildman–Crippen LogP) is 2.45. The van der Waals surface area contributed by atoms with E-state index >= 15 is 0 Å². The second kappa shape index (κ2) is 6.23. The fraction of sp³-hybridized carbons (Fsp3) is 0.500. The zero-order valence-corrected chi connectivity index (χ0v) is 13.6. The number of esters is 1. The van der Waals surface area contributed by atoms with Crippen molar-refractivity contribution in [2.75, 3.05) is 18.1 Å². The highest BCUT2D eigenvalue weighted by Crippen LogP contribution is 2.33. The number of carbonyl (C=O) groups excluding carboxylic acids is 1. The van der Waals surface area contributed by atoms with Crippen LogP contribution in [0, 0.1) is 6.92 Å². The molecule has 0 N–H and O–H groups in total. The van der Waals surface area contributed by atoms with Crippen LogP contribution in [0.2, 0.25) is 0 Å². The Morgan fingerprint density at radius 1 is 1.48 bits per heavy atom. The van der Waals surface area contributed by atoms with Crippen molar-refractivity contribution in [1.82, 2.24) is 0 Å². The van der Waals surface area contributed by atoms with Crippen LogP contribution in [0.5, 0.6) is 0 Å². The van der Waals surface area contributed by atoms with E-state index in [-0.39, 0.29) is 16.9 Å². The van der Waals surface area contributed by atoms with E-state index in [1.165, 1.54) is 13.0 Å². The number of hydrogen-bond acceptors (Lipinski definition) is 5. The smallest absolute Gasteiger partial charge is 0.302 e. The first-order chi connectivity index (χ1) is 9.80. The number of anilines is 1. The Kier molecular flexibility index (Phi) is 4.78. The summed E-state index contributed by atoms with van der Waals surface area (Å²) in [5.41, 5.74) is 1.45. The van der Waals surface area contributed by atoms with E-state index in [2.05, 4.69) is 4.90 Å². The Morgan fingerprint density at radius 3 is 2.81 bits per heavy atom. The van der Waals surface area contributed by atoms with Gasteiger partial charge >= 0.3 is 5.97 Å². The fourth-order valence-electron chi connectivity index (χ4n) is 2.72. The summed E-state index contributed by atoms with van der Waals surface area (Å²) in [7, 11) is 1.70. The molecule has 1 aromatic carbocycles. The van der Waals surface area contributed by atoms with Gasteiger partial charge in [-0.3, -0.25) is 4.79 Å². The Hall–Kier alpha value is -1.27. The molecule has 0 spiro atoms. The van der Waals surface area contributed by atoms with Gasteiger partial charge in [-0.1, -0.05) is 6.07 Å². The van der Waals surface area contributed by atoms with Gasteiger partial charge < -0.3 is 9.64 Å². The summed E-state index contributed by atoms with van der Waals surface area (Å²) in [4.78, 5) is 13.2. The molecule has 1 aliphatic heterocycles. The summed E-state index contributed by atoms with van der Waals surface area (Å²) < 4.78 is 28.3. The maximum Gasteiger partial charge on any atom is 0.302 e. The second-order valence-corrected chi connectivity index (χ2v) is 7.66. The zero-order valence-electron chi connectivity index (χ0n) is 12.0. The van der Waals surface area contributed by atoms with Gasteiger partial charge in [0.15, 0.2) is 0 Å². The van der Waals surface area contributed by atoms with Crippen molar-refractivity contribution >= 4 is 31.4 Å². The Morgan fingerprint density at radius 2 is 2.19 bits per heavy atom. The molecule has 2 rings (SSSR count). The molecule has 1 unspecified atom stereocenters. The van der Waals surface area contributed by atoms with Crippen LogP contribution < -0.4 is 4.90 Å². The van der Waals surface area contributed by atoms with E-state index in [1.807, 2.05) is 6.07 Å². The van der Waals surface area contributed by atoms with E-state index in [1.54, 1.807) is 13.0 Å². The summed E-state index contributed by atoms with van der Waals surface area (Å²) in [5, 5.41) is 0. The lowest BCUT2D eigenvalue weighted by molar-refractivity contribution is -0.141. The number of halogens is 1. The van der Waals surface area contributed by atoms with Crippen molar-refractivity contribution in [2.24, 2.45) is 0 Å². The van der Waals surface area contributed by atoms with Gasteiger partial charge in [0.05, 0.1) is 10.9 Å². The van der Waals surface area contributed by atoms with Gasteiger partial charge in [-0.15, -0.1) is 0 Å². The third-order valence-corrected chi connectivity index (χ3v) is 5.15. The molecule has 0 radical (unpaired) electrons. The molecular weight excluding hydrogens is 314 g/mol. The van der Waals surface area contributed by atoms with Crippen LogP contribution >= 0.6 is 10.7 Å². The topological polar surface area (TPSA) is 63.7 Å². The van der Waals surface area contributed by atoms with Crippen LogP contribution in [0.25, 0.3) is 0 Å². The molecule has 116 valence electrons. The first kappa shape index (κ1) is 16.1. The van der Waals surface area contributed by atoms with E-state index < -0.39 is 9.05 Å². The van der Waals surface area contributed by atoms with Gasteiger partial charge in [-0.05, 0) is 37.5 Å². The first-order valence-corrected chi connectivity index (χ1v) is 9.06. The van der Waals surface area contributed by atoms with Gasteiger partial charge in [0.1, 0.15) is 6.61 Å². The molecule has 1 heterocycles. The van der Waals surface area contributed by atoms with Gasteiger partial charge in [0.2, 0.25) is 0 Å². The van der Waals surface area contributed by atoms with Crippen LogP contribution in [-0.4, -0.2) is 33.6 Å². The molecule has 21 heavy (non-hydrogen) atoms. The zero-order chi connectivity index (χ0) is 15.6. The maximum absolute atomic E-state index is 11.6. The lowest BCUT2D eigenvalue weighted by Gasteiger charge is -2.28. The van der Waals surface area contributed by atoms with E-state index in [4.69, 9.17) is 15.4 Å². The molecule has 1 saturated heterocycles. The summed E-state index contributed by atoms with van der Waals surface area (Å²) in [6.45, 7) is 4.24. The number of nitrogens with zero attached hydrogens (tertiary/aromatic N) is 1. The standard InChI is InChI=1S/C14H18ClNO4S/c1-10-13(6-3-7-14(10)21(15,18)19)16-8-4-5-12(16)9-20-11(2)17/h3,6-7,12H,4-5,8-9H2,1-2H3. The minimum atomic E-state index is -3.77. The second-order valence-electron chi connectivity index (χ2n) is 5.13. The molecule has 1 atom stereocenters. The number of ether oxygens (including phenoxy) is 1. The van der Waals surface area contributed by atoms with Crippen molar-refractivity contribution in [1.29, 1.82) is 0 Å². The summed E-state index contributed by atoms with van der Waals surface area (Å²) >= 11 is 0. The summed E-state index contributed by atoms with van der Waals surface area (Å²) in [6.07, 6.45) is 1.88. The predicted molar refractivity (Wildman–Crippen MR) is 81.2 cm³/mol. The highest BCUT2D eigenvalue weighted by Gasteiger charge is 2.28. The van der Waals surface area contributed by atoms with Crippen LogP contribution in [0.3, 0.4) is 0 Å². The molecular formula is C14H18ClNO4S. The molecule has 0 aliphatic carbocycles. The molecule has 0 amide bonds. The normalized spacial score (nSPS) is 18.8. The maximum atomic E-state index is 11.6. The molecule has 1 aliphatic rings. The third kappa shape index (κ3) is 3.68. The van der Waals surface area contributed by atoms with Crippen molar-refractivity contribution in [3.63, 3.8) is 0 Å². The largest absolute Gasteiger partial charge is 0.464 e. The lowest BCUT2D eigenvalue weighted by Crippen LogP contribution is -2.34. The minimum Gasteiger partial charge on any atom is -0.464 e. The first-order valence-electron chi connectivity index (χ1n) is 6.75. The summed E-state index contributed by atoms with van der Waals surface area (Å²) in [6, 6.07) is 5.12. The quantitative estimate of drug-likeness (QED) is 0.626. The number of carbonyl (C=O) groups is 1. The Labute approximate surface area is 129 Å². The third-order valence-electron chi connectivity index (χ3n) is 3.68. The van der Waals surface area contributed by atoms with Crippen molar-refractivity contribution in [3.05, 3.63) is 23.8 Å². The van der Waals surface area contributed by atoms with Gasteiger partial charge in [0.25, 0.3) is 9.05 Å². The molecule has 1 fully saturated rings. The SMILES string of the molecule is CC(=O)OCC1CCCN1c1cccc(S(=O)(=O)Cl)c1C. The van der Waals surface area contributed by atoms with E-state index in [0.29, 0.717) is 12.2 Å². The van der Waals surface area contributed by atoms with Crippen LogP contribution in [0.15, 0.2) is 23.1 Å².